The zero-order chi connectivity index (χ0) is 22.0. The molecule has 0 aliphatic carbocycles. The molecule has 2 aliphatic rings. The molecule has 0 saturated carbocycles. The summed E-state index contributed by atoms with van der Waals surface area (Å²) in [5, 5.41) is 2.88. The van der Waals surface area contributed by atoms with Crippen LogP contribution in [0.25, 0.3) is 0 Å². The molecule has 2 aromatic carbocycles. The van der Waals surface area contributed by atoms with Crippen LogP contribution in [0.2, 0.25) is 0 Å². The number of amides is 3. The molecule has 6 nitrogen and oxygen atoms in total. The first-order chi connectivity index (χ1) is 14.9. The monoisotopic (exact) mass is 437 g/mol. The van der Waals surface area contributed by atoms with E-state index in [2.05, 4.69) is 5.32 Å². The number of likely N-dealkylation sites (tertiary alicyclic amines) is 1. The lowest BCUT2D eigenvalue weighted by atomic mass is 10.1. The van der Waals surface area contributed by atoms with Gasteiger partial charge in [0.25, 0.3) is 5.91 Å². The Hall–Kier alpha value is -2.80. The van der Waals surface area contributed by atoms with Crippen molar-refractivity contribution < 1.29 is 14.4 Å². The lowest BCUT2D eigenvalue weighted by Gasteiger charge is -2.30. The molecule has 0 bridgehead atoms. The van der Waals surface area contributed by atoms with Crippen LogP contribution < -0.4 is 10.2 Å². The normalized spacial score (nSPS) is 16.1. The van der Waals surface area contributed by atoms with Gasteiger partial charge in [0.05, 0.1) is 11.4 Å². The number of hydrogen-bond donors (Lipinski definition) is 1. The molecule has 0 radical (unpaired) electrons. The number of hydrogen-bond acceptors (Lipinski definition) is 4. The van der Waals surface area contributed by atoms with Crippen molar-refractivity contribution in [1.29, 1.82) is 0 Å². The highest BCUT2D eigenvalue weighted by molar-refractivity contribution is 8.00. The fraction of sp³-hybridized carbons (Fsp3) is 0.375. The van der Waals surface area contributed by atoms with E-state index in [0.29, 0.717) is 16.9 Å². The summed E-state index contributed by atoms with van der Waals surface area (Å²) < 4.78 is 0. The van der Waals surface area contributed by atoms with Gasteiger partial charge in [-0.1, -0.05) is 6.07 Å². The molecule has 1 fully saturated rings. The minimum absolute atomic E-state index is 0.00921. The molecule has 0 spiro atoms. The molecule has 0 atom stereocenters. The van der Waals surface area contributed by atoms with E-state index in [1.807, 2.05) is 49.1 Å². The van der Waals surface area contributed by atoms with Crippen molar-refractivity contribution in [3.8, 4) is 0 Å². The Bertz CT molecular complexity index is 1030. The van der Waals surface area contributed by atoms with E-state index in [1.54, 1.807) is 6.07 Å². The van der Waals surface area contributed by atoms with E-state index in [4.69, 9.17) is 0 Å². The van der Waals surface area contributed by atoms with Crippen LogP contribution in [0.3, 0.4) is 0 Å². The Balaban J connectivity index is 1.53. The third kappa shape index (κ3) is 4.77. The van der Waals surface area contributed by atoms with Crippen LogP contribution in [-0.4, -0.2) is 48.0 Å². The Morgan fingerprint density at radius 3 is 2.52 bits per heavy atom. The topological polar surface area (TPSA) is 69.7 Å². The van der Waals surface area contributed by atoms with E-state index < -0.39 is 0 Å². The highest BCUT2D eigenvalue weighted by Gasteiger charge is 2.28. The Morgan fingerprint density at radius 1 is 1.00 bits per heavy atom. The van der Waals surface area contributed by atoms with Crippen LogP contribution in [0.4, 0.5) is 11.4 Å². The van der Waals surface area contributed by atoms with Gasteiger partial charge in [-0.15, -0.1) is 11.8 Å². The minimum Gasteiger partial charge on any atom is -0.339 e. The summed E-state index contributed by atoms with van der Waals surface area (Å²) in [5.74, 6) is -0.119. The molecule has 2 aromatic rings. The van der Waals surface area contributed by atoms with E-state index in [1.165, 1.54) is 16.7 Å². The number of aryl methyl sites for hydroxylation is 2. The van der Waals surface area contributed by atoms with Crippen molar-refractivity contribution in [3.05, 3.63) is 53.1 Å². The molecule has 162 valence electrons. The fourth-order valence-corrected chi connectivity index (χ4v) is 4.87. The van der Waals surface area contributed by atoms with E-state index in [9.17, 15) is 14.4 Å². The van der Waals surface area contributed by atoms with Gasteiger partial charge in [-0.3, -0.25) is 14.4 Å². The van der Waals surface area contributed by atoms with Crippen molar-refractivity contribution in [2.24, 2.45) is 0 Å². The number of nitrogens with zero attached hydrogens (tertiary/aromatic N) is 2. The van der Waals surface area contributed by atoms with Crippen molar-refractivity contribution in [2.75, 3.05) is 35.6 Å². The number of benzene rings is 2. The summed E-state index contributed by atoms with van der Waals surface area (Å²) in [5.41, 5.74) is 4.16. The third-order valence-corrected chi connectivity index (χ3v) is 6.93. The Morgan fingerprint density at radius 2 is 1.77 bits per heavy atom. The summed E-state index contributed by atoms with van der Waals surface area (Å²) in [6, 6.07) is 11.2. The Kier molecular flexibility index (Phi) is 6.32. The van der Waals surface area contributed by atoms with Crippen LogP contribution in [0.15, 0.2) is 41.3 Å². The van der Waals surface area contributed by atoms with Gasteiger partial charge in [-0.2, -0.15) is 0 Å². The summed E-state index contributed by atoms with van der Waals surface area (Å²) in [4.78, 5) is 42.6. The van der Waals surface area contributed by atoms with Gasteiger partial charge in [0.15, 0.2) is 0 Å². The Labute approximate surface area is 187 Å². The van der Waals surface area contributed by atoms with Gasteiger partial charge in [0.2, 0.25) is 11.8 Å². The molecule has 1 saturated heterocycles. The van der Waals surface area contributed by atoms with Gasteiger partial charge in [0.1, 0.15) is 6.54 Å². The summed E-state index contributed by atoms with van der Waals surface area (Å²) in [6.07, 6.45) is 3.20. The highest BCUT2D eigenvalue weighted by atomic mass is 32.2. The first-order valence-electron chi connectivity index (χ1n) is 10.7. The van der Waals surface area contributed by atoms with E-state index in [-0.39, 0.29) is 30.0 Å². The molecule has 0 unspecified atom stereocenters. The maximum absolute atomic E-state index is 12.9. The lowest BCUT2D eigenvalue weighted by molar-refractivity contribution is -0.120. The average molecular weight is 438 g/mol. The predicted octanol–water partition coefficient (Wildman–Crippen LogP) is 4.01. The minimum atomic E-state index is -0.262. The standard InChI is InChI=1S/C24H27N3O3S/c1-16-6-8-19(12-17(16)2)25-22(28)14-27-20-13-18(7-9-21(20)31-15-23(27)29)24(30)26-10-4-3-5-11-26/h6-9,12-13H,3-5,10-11,14-15H2,1-2H3,(H,25,28). The summed E-state index contributed by atoms with van der Waals surface area (Å²) in [7, 11) is 0. The predicted molar refractivity (Wildman–Crippen MR) is 124 cm³/mol. The highest BCUT2D eigenvalue weighted by Crippen LogP contribution is 2.36. The number of fused-ring (bicyclic) bond motifs is 1. The smallest absolute Gasteiger partial charge is 0.253 e. The van der Waals surface area contributed by atoms with Crippen molar-refractivity contribution >= 4 is 40.9 Å². The summed E-state index contributed by atoms with van der Waals surface area (Å²) >= 11 is 1.44. The largest absolute Gasteiger partial charge is 0.339 e. The quantitative estimate of drug-likeness (QED) is 0.785. The average Bonchev–Trinajstić information content (AvgIpc) is 2.78. The number of piperidine rings is 1. The van der Waals surface area contributed by atoms with Crippen LogP contribution in [0.1, 0.15) is 40.7 Å². The van der Waals surface area contributed by atoms with Crippen molar-refractivity contribution in [3.63, 3.8) is 0 Å². The SMILES string of the molecule is Cc1ccc(NC(=O)CN2C(=O)CSc3ccc(C(=O)N4CCCCC4)cc32)cc1C. The number of carbonyl (C=O) groups is 3. The van der Waals surface area contributed by atoms with Crippen LogP contribution in [0.5, 0.6) is 0 Å². The fourth-order valence-electron chi connectivity index (χ4n) is 3.95. The molecular weight excluding hydrogens is 410 g/mol. The molecule has 31 heavy (non-hydrogen) atoms. The molecule has 3 amide bonds. The van der Waals surface area contributed by atoms with Gasteiger partial charge in [-0.25, -0.2) is 0 Å². The summed E-state index contributed by atoms with van der Waals surface area (Å²) in [6.45, 7) is 5.47. The zero-order valence-electron chi connectivity index (χ0n) is 17.9. The van der Waals surface area contributed by atoms with Crippen LogP contribution >= 0.6 is 11.8 Å². The molecular formula is C24H27N3O3S. The maximum Gasteiger partial charge on any atom is 0.253 e. The van der Waals surface area contributed by atoms with Gasteiger partial charge >= 0.3 is 0 Å². The van der Waals surface area contributed by atoms with Crippen molar-refractivity contribution in [2.45, 2.75) is 38.0 Å². The third-order valence-electron chi connectivity index (χ3n) is 5.88. The second kappa shape index (κ2) is 9.14. The van der Waals surface area contributed by atoms with Crippen LogP contribution in [-0.2, 0) is 9.59 Å². The van der Waals surface area contributed by atoms with E-state index >= 15 is 0 Å². The second-order valence-electron chi connectivity index (χ2n) is 8.15. The van der Waals surface area contributed by atoms with Crippen LogP contribution in [0, 0.1) is 13.8 Å². The maximum atomic E-state index is 12.9. The molecule has 4 rings (SSSR count). The molecule has 2 aliphatic heterocycles. The number of rotatable bonds is 4. The van der Waals surface area contributed by atoms with Crippen molar-refractivity contribution in [1.82, 2.24) is 4.90 Å². The lowest BCUT2D eigenvalue weighted by Crippen LogP contribution is -2.41. The zero-order valence-corrected chi connectivity index (χ0v) is 18.8. The first kappa shape index (κ1) is 21.4. The molecule has 7 heteroatoms. The van der Waals surface area contributed by atoms with E-state index in [0.717, 1.165) is 48.4 Å². The molecule has 1 N–H and O–H groups in total. The molecule has 0 aromatic heterocycles. The van der Waals surface area contributed by atoms with Gasteiger partial charge < -0.3 is 15.1 Å². The first-order valence-corrected chi connectivity index (χ1v) is 11.6. The number of anilines is 2. The van der Waals surface area contributed by atoms with Gasteiger partial charge in [-0.05, 0) is 74.6 Å². The number of thioether (sulfide) groups is 1. The van der Waals surface area contributed by atoms with Gasteiger partial charge in [0, 0.05) is 29.2 Å². The number of nitrogens with one attached hydrogen (secondary N) is 1. The second-order valence-corrected chi connectivity index (χ2v) is 9.17. The molecule has 2 heterocycles. The number of carbonyl (C=O) groups excluding carboxylic acids is 3.